The van der Waals surface area contributed by atoms with Crippen LogP contribution in [-0.2, 0) is 30.3 Å². The molecular formula is C20H30O6. The zero-order chi connectivity index (χ0) is 18.6. The van der Waals surface area contributed by atoms with Crippen LogP contribution in [0.1, 0.15) is 25.8 Å². The second kappa shape index (κ2) is 8.78. The largest absolute Gasteiger partial charge is 0.391 e. The Morgan fingerprint density at radius 1 is 1.23 bits per heavy atom. The van der Waals surface area contributed by atoms with Gasteiger partial charge in [0.15, 0.2) is 5.79 Å². The third-order valence-corrected chi connectivity index (χ3v) is 5.53. The van der Waals surface area contributed by atoms with Crippen LogP contribution in [0.2, 0.25) is 0 Å². The lowest BCUT2D eigenvalue weighted by atomic mass is 9.78. The molecule has 0 amide bonds. The lowest BCUT2D eigenvalue weighted by Gasteiger charge is -2.49. The monoisotopic (exact) mass is 366 g/mol. The van der Waals surface area contributed by atoms with Crippen LogP contribution in [0.25, 0.3) is 0 Å². The number of rotatable bonds is 7. The molecule has 0 aromatic heterocycles. The van der Waals surface area contributed by atoms with E-state index in [1.165, 1.54) is 0 Å². The molecule has 1 aromatic rings. The molecule has 2 saturated heterocycles. The van der Waals surface area contributed by atoms with Gasteiger partial charge in [-0.3, -0.25) is 0 Å². The number of hydrogen-bond acceptors (Lipinski definition) is 6. The molecule has 0 radical (unpaired) electrons. The Bertz CT molecular complexity index is 552. The first-order chi connectivity index (χ1) is 12.6. The van der Waals surface area contributed by atoms with Gasteiger partial charge in [0.2, 0.25) is 0 Å². The third-order valence-electron chi connectivity index (χ3n) is 5.53. The Morgan fingerprint density at radius 2 is 2.00 bits per heavy atom. The topological polar surface area (TPSA) is 66.4 Å². The van der Waals surface area contributed by atoms with Gasteiger partial charge < -0.3 is 28.8 Å². The molecule has 26 heavy (non-hydrogen) atoms. The molecule has 2 aliphatic rings. The Labute approximate surface area is 155 Å². The Kier molecular flexibility index (Phi) is 6.66. The average Bonchev–Trinajstić information content (AvgIpc) is 3.02. The highest BCUT2D eigenvalue weighted by atomic mass is 16.7. The minimum absolute atomic E-state index is 0.0897. The Balaban J connectivity index is 1.67. The van der Waals surface area contributed by atoms with Gasteiger partial charge in [-0.1, -0.05) is 44.2 Å². The molecule has 6 atom stereocenters. The van der Waals surface area contributed by atoms with E-state index in [0.29, 0.717) is 26.2 Å². The lowest BCUT2D eigenvalue weighted by molar-refractivity contribution is -0.335. The second-order valence-electron chi connectivity index (χ2n) is 7.32. The molecule has 0 aliphatic carbocycles. The molecule has 0 saturated carbocycles. The van der Waals surface area contributed by atoms with Crippen molar-refractivity contribution in [2.45, 2.75) is 51.0 Å². The SMILES string of the molecule is COCO[C@@H]1[C@@H](C)[C@H](C)[C@]2(C[C@H](O)CO2)O[C@H]1COCc1ccccc1. The summed E-state index contributed by atoms with van der Waals surface area (Å²) in [6.45, 7) is 5.63. The van der Waals surface area contributed by atoms with Gasteiger partial charge in [0, 0.05) is 19.4 Å². The van der Waals surface area contributed by atoms with Crippen molar-refractivity contribution in [2.75, 3.05) is 27.1 Å². The minimum atomic E-state index is -0.771. The van der Waals surface area contributed by atoms with Crippen molar-refractivity contribution in [1.29, 1.82) is 0 Å². The highest BCUT2D eigenvalue weighted by Gasteiger charge is 2.55. The van der Waals surface area contributed by atoms with Crippen molar-refractivity contribution in [2.24, 2.45) is 11.8 Å². The summed E-state index contributed by atoms with van der Waals surface area (Å²) in [4.78, 5) is 0. The Hall–Kier alpha value is -1.02. The third kappa shape index (κ3) is 4.27. The molecule has 1 spiro atoms. The normalized spacial score (nSPS) is 37.3. The summed E-state index contributed by atoms with van der Waals surface area (Å²) in [5.74, 6) is -0.506. The van der Waals surface area contributed by atoms with Gasteiger partial charge >= 0.3 is 0 Å². The van der Waals surface area contributed by atoms with Gasteiger partial charge in [-0.05, 0) is 11.5 Å². The van der Waals surface area contributed by atoms with Gasteiger partial charge in [-0.25, -0.2) is 0 Å². The number of methoxy groups -OCH3 is 1. The molecule has 2 aliphatic heterocycles. The fourth-order valence-corrected chi connectivity index (χ4v) is 3.94. The van der Waals surface area contributed by atoms with E-state index in [1.807, 2.05) is 30.3 Å². The van der Waals surface area contributed by atoms with E-state index in [-0.39, 0.29) is 30.8 Å². The molecule has 6 heteroatoms. The molecule has 3 rings (SSSR count). The van der Waals surface area contributed by atoms with E-state index in [2.05, 4.69) is 13.8 Å². The summed E-state index contributed by atoms with van der Waals surface area (Å²) in [6, 6.07) is 10.0. The van der Waals surface area contributed by atoms with Crippen LogP contribution < -0.4 is 0 Å². The van der Waals surface area contributed by atoms with Crippen molar-refractivity contribution in [3.8, 4) is 0 Å². The first-order valence-corrected chi connectivity index (χ1v) is 9.28. The number of benzene rings is 1. The highest BCUT2D eigenvalue weighted by Crippen LogP contribution is 2.45. The van der Waals surface area contributed by atoms with Gasteiger partial charge in [-0.2, -0.15) is 0 Å². The van der Waals surface area contributed by atoms with Crippen LogP contribution in [0.3, 0.4) is 0 Å². The van der Waals surface area contributed by atoms with E-state index >= 15 is 0 Å². The maximum atomic E-state index is 9.98. The van der Waals surface area contributed by atoms with E-state index in [9.17, 15) is 5.11 Å². The number of hydrogen-bond donors (Lipinski definition) is 1. The summed E-state index contributed by atoms with van der Waals surface area (Å²) in [7, 11) is 1.61. The fourth-order valence-electron chi connectivity index (χ4n) is 3.94. The molecular weight excluding hydrogens is 336 g/mol. The predicted octanol–water partition coefficient (Wildman–Crippen LogP) is 2.34. The molecule has 6 nitrogen and oxygen atoms in total. The standard InChI is InChI=1S/C20H30O6/c1-14-15(2)20(9-17(21)11-25-20)26-18(19(14)24-13-22-3)12-23-10-16-7-5-4-6-8-16/h4-8,14-15,17-19,21H,9-13H2,1-3H3/t14-,15-,17-,18-,19+,20-/m0/s1. The molecule has 1 aromatic carbocycles. The van der Waals surface area contributed by atoms with Crippen molar-refractivity contribution < 1.29 is 28.8 Å². The quantitative estimate of drug-likeness (QED) is 0.747. The van der Waals surface area contributed by atoms with E-state index in [0.717, 1.165) is 5.56 Å². The van der Waals surface area contributed by atoms with Crippen molar-refractivity contribution in [1.82, 2.24) is 0 Å². The van der Waals surface area contributed by atoms with Gasteiger partial charge in [-0.15, -0.1) is 0 Å². The lowest BCUT2D eigenvalue weighted by Crippen LogP contribution is -2.59. The highest BCUT2D eigenvalue weighted by molar-refractivity contribution is 5.13. The van der Waals surface area contributed by atoms with Crippen molar-refractivity contribution in [3.05, 3.63) is 35.9 Å². The second-order valence-corrected chi connectivity index (χ2v) is 7.32. The summed E-state index contributed by atoms with van der Waals surface area (Å²) >= 11 is 0. The maximum absolute atomic E-state index is 9.98. The average molecular weight is 366 g/mol. The van der Waals surface area contributed by atoms with E-state index in [4.69, 9.17) is 23.7 Å². The molecule has 146 valence electrons. The van der Waals surface area contributed by atoms with Crippen LogP contribution in [0, 0.1) is 11.8 Å². The van der Waals surface area contributed by atoms with Crippen LogP contribution in [0.5, 0.6) is 0 Å². The number of aliphatic hydroxyl groups is 1. The first-order valence-electron chi connectivity index (χ1n) is 9.28. The molecule has 1 N–H and O–H groups in total. The van der Waals surface area contributed by atoms with E-state index < -0.39 is 11.9 Å². The van der Waals surface area contributed by atoms with Crippen molar-refractivity contribution >= 4 is 0 Å². The summed E-state index contributed by atoms with van der Waals surface area (Å²) in [5, 5.41) is 9.98. The summed E-state index contributed by atoms with van der Waals surface area (Å²) in [5.41, 5.74) is 1.11. The molecule has 0 bridgehead atoms. The summed E-state index contributed by atoms with van der Waals surface area (Å²) in [6.07, 6.45) is -0.463. The maximum Gasteiger partial charge on any atom is 0.174 e. The first kappa shape index (κ1) is 19.7. The van der Waals surface area contributed by atoms with Gasteiger partial charge in [0.1, 0.15) is 12.9 Å². The van der Waals surface area contributed by atoms with Crippen molar-refractivity contribution in [3.63, 3.8) is 0 Å². The minimum Gasteiger partial charge on any atom is -0.391 e. The van der Waals surface area contributed by atoms with Crippen LogP contribution in [0.4, 0.5) is 0 Å². The number of ether oxygens (including phenoxy) is 5. The zero-order valence-electron chi connectivity index (χ0n) is 15.8. The molecule has 0 unspecified atom stereocenters. The molecule has 2 fully saturated rings. The van der Waals surface area contributed by atoms with Crippen LogP contribution in [-0.4, -0.2) is 56.3 Å². The summed E-state index contributed by atoms with van der Waals surface area (Å²) < 4.78 is 29.2. The fraction of sp³-hybridized carbons (Fsp3) is 0.700. The van der Waals surface area contributed by atoms with Gasteiger partial charge in [0.05, 0.1) is 32.0 Å². The smallest absolute Gasteiger partial charge is 0.174 e. The van der Waals surface area contributed by atoms with Crippen LogP contribution >= 0.6 is 0 Å². The van der Waals surface area contributed by atoms with Gasteiger partial charge in [0.25, 0.3) is 0 Å². The van der Waals surface area contributed by atoms with E-state index in [1.54, 1.807) is 7.11 Å². The predicted molar refractivity (Wildman–Crippen MR) is 95.4 cm³/mol. The Morgan fingerprint density at radius 3 is 2.65 bits per heavy atom. The molecule has 2 heterocycles. The zero-order valence-corrected chi connectivity index (χ0v) is 15.8. The van der Waals surface area contributed by atoms with Crippen LogP contribution in [0.15, 0.2) is 30.3 Å². The number of aliphatic hydroxyl groups excluding tert-OH is 1.